The SMILES string of the molecule is Cc1ccc2ccc(NC3CCC(CCNc4ncc(C(F)(F)C(=O)NC5COC5)cn4)CC3)nc2c1Cl. The predicted molar refractivity (Wildman–Crippen MR) is 143 cm³/mol. The number of rotatable bonds is 9. The highest BCUT2D eigenvalue weighted by molar-refractivity contribution is 6.35. The number of aryl methyl sites for hydroxylation is 1. The number of nitrogens with zero attached hydrogens (tertiary/aromatic N) is 3. The monoisotopic (exact) mass is 544 g/mol. The summed E-state index contributed by atoms with van der Waals surface area (Å²) in [4.78, 5) is 24.6. The largest absolute Gasteiger partial charge is 0.377 e. The van der Waals surface area contributed by atoms with Gasteiger partial charge in [-0.25, -0.2) is 15.0 Å². The van der Waals surface area contributed by atoms with Gasteiger partial charge >= 0.3 is 5.92 Å². The van der Waals surface area contributed by atoms with Crippen molar-refractivity contribution < 1.29 is 18.3 Å². The van der Waals surface area contributed by atoms with E-state index in [9.17, 15) is 13.6 Å². The fraction of sp³-hybridized carbons (Fsp3) is 0.481. The van der Waals surface area contributed by atoms with Crippen molar-refractivity contribution in [2.24, 2.45) is 5.92 Å². The van der Waals surface area contributed by atoms with Crippen LogP contribution >= 0.6 is 11.6 Å². The summed E-state index contributed by atoms with van der Waals surface area (Å²) in [7, 11) is 0. The molecule has 5 rings (SSSR count). The van der Waals surface area contributed by atoms with Gasteiger partial charge in [-0.15, -0.1) is 0 Å². The number of alkyl halides is 2. The third-order valence-electron chi connectivity index (χ3n) is 7.30. The molecule has 3 N–H and O–H groups in total. The zero-order valence-corrected chi connectivity index (χ0v) is 21.9. The van der Waals surface area contributed by atoms with Crippen LogP contribution in [0.2, 0.25) is 5.02 Å². The summed E-state index contributed by atoms with van der Waals surface area (Å²) in [6.45, 7) is 3.12. The first-order valence-corrected chi connectivity index (χ1v) is 13.3. The van der Waals surface area contributed by atoms with E-state index in [1.807, 2.05) is 31.2 Å². The van der Waals surface area contributed by atoms with Gasteiger partial charge in [0.1, 0.15) is 5.82 Å². The van der Waals surface area contributed by atoms with Crippen LogP contribution in [0.4, 0.5) is 20.5 Å². The lowest BCUT2D eigenvalue weighted by molar-refractivity contribution is -0.151. The number of nitrogens with one attached hydrogen (secondary N) is 3. The summed E-state index contributed by atoms with van der Waals surface area (Å²) in [6.07, 6.45) is 7.18. The van der Waals surface area contributed by atoms with Gasteiger partial charge in [0.25, 0.3) is 5.91 Å². The summed E-state index contributed by atoms with van der Waals surface area (Å²) in [5.74, 6) is -3.39. The van der Waals surface area contributed by atoms with Crippen molar-refractivity contribution in [3.8, 4) is 0 Å². The maximum absolute atomic E-state index is 14.4. The molecule has 0 unspecified atom stereocenters. The van der Waals surface area contributed by atoms with Crippen LogP contribution in [0.15, 0.2) is 36.7 Å². The lowest BCUT2D eigenvalue weighted by Crippen LogP contribution is -2.52. The molecular weight excluding hydrogens is 514 g/mol. The maximum atomic E-state index is 14.4. The summed E-state index contributed by atoms with van der Waals surface area (Å²) in [6, 6.07) is 8.07. The summed E-state index contributed by atoms with van der Waals surface area (Å²) in [5.41, 5.74) is 1.30. The molecule has 202 valence electrons. The first kappa shape index (κ1) is 26.5. The molecule has 0 bridgehead atoms. The maximum Gasteiger partial charge on any atom is 0.352 e. The Labute approximate surface area is 224 Å². The van der Waals surface area contributed by atoms with Crippen molar-refractivity contribution in [1.29, 1.82) is 0 Å². The Morgan fingerprint density at radius 2 is 1.79 bits per heavy atom. The van der Waals surface area contributed by atoms with E-state index in [1.54, 1.807) is 0 Å². The fourth-order valence-electron chi connectivity index (χ4n) is 4.84. The van der Waals surface area contributed by atoms with Gasteiger partial charge < -0.3 is 20.7 Å². The molecule has 8 nitrogen and oxygen atoms in total. The molecule has 2 aliphatic rings. The highest BCUT2D eigenvalue weighted by atomic mass is 35.5. The molecule has 1 aliphatic heterocycles. The molecule has 0 spiro atoms. The van der Waals surface area contributed by atoms with E-state index in [-0.39, 0.29) is 25.2 Å². The quantitative estimate of drug-likeness (QED) is 0.346. The van der Waals surface area contributed by atoms with Gasteiger partial charge in [0.2, 0.25) is 5.95 Å². The van der Waals surface area contributed by atoms with Crippen molar-refractivity contribution in [2.75, 3.05) is 30.4 Å². The molecule has 2 aromatic heterocycles. The van der Waals surface area contributed by atoms with Crippen molar-refractivity contribution in [1.82, 2.24) is 20.3 Å². The molecule has 0 atom stereocenters. The second-order valence-electron chi connectivity index (χ2n) is 10.1. The molecule has 1 saturated carbocycles. The lowest BCUT2D eigenvalue weighted by atomic mass is 9.84. The third kappa shape index (κ3) is 5.96. The fourth-order valence-corrected chi connectivity index (χ4v) is 5.05. The van der Waals surface area contributed by atoms with Gasteiger partial charge in [-0.3, -0.25) is 4.79 Å². The number of aromatic nitrogens is 3. The van der Waals surface area contributed by atoms with Crippen molar-refractivity contribution in [2.45, 2.75) is 57.0 Å². The normalized spacial score (nSPS) is 20.1. The second kappa shape index (κ2) is 11.3. The zero-order chi connectivity index (χ0) is 26.7. The van der Waals surface area contributed by atoms with Crippen LogP contribution in [0, 0.1) is 12.8 Å². The van der Waals surface area contributed by atoms with Gasteiger partial charge in [-0.05, 0) is 62.6 Å². The van der Waals surface area contributed by atoms with Gasteiger partial charge in [-0.1, -0.05) is 23.7 Å². The van der Waals surface area contributed by atoms with Crippen LogP contribution < -0.4 is 16.0 Å². The van der Waals surface area contributed by atoms with Crippen LogP contribution in [-0.4, -0.2) is 52.7 Å². The molecular formula is C27H31ClF2N6O2. The number of hydrogen-bond donors (Lipinski definition) is 3. The van der Waals surface area contributed by atoms with Crippen LogP contribution in [0.5, 0.6) is 0 Å². The molecule has 3 heterocycles. The standard InChI is InChI=1S/C27H31ClF2N6O2/c1-16-2-5-18-6-9-22(36-24(18)23(16)28)34-20-7-3-17(4-8-20)10-11-31-26-32-12-19(13-33-26)27(29,30)25(37)35-21-14-38-15-21/h2,5-6,9,12-13,17,20-21H,3-4,7-8,10-11,14-15H2,1H3,(H,34,36)(H,35,37)(H,31,32,33). The Morgan fingerprint density at radius 3 is 2.47 bits per heavy atom. The van der Waals surface area contributed by atoms with Gasteiger partial charge in [0.15, 0.2) is 0 Å². The lowest BCUT2D eigenvalue weighted by Gasteiger charge is -2.29. The number of amides is 1. The van der Waals surface area contributed by atoms with Gasteiger partial charge in [-0.2, -0.15) is 8.78 Å². The average Bonchev–Trinajstić information content (AvgIpc) is 2.90. The first-order valence-electron chi connectivity index (χ1n) is 12.9. The van der Waals surface area contributed by atoms with Crippen LogP contribution in [-0.2, 0) is 15.5 Å². The molecule has 0 radical (unpaired) electrons. The molecule has 2 fully saturated rings. The Bertz CT molecular complexity index is 1280. The van der Waals surface area contributed by atoms with Crippen molar-refractivity contribution >= 4 is 40.2 Å². The number of hydrogen-bond acceptors (Lipinski definition) is 7. The summed E-state index contributed by atoms with van der Waals surface area (Å²) < 4.78 is 33.7. The van der Waals surface area contributed by atoms with Crippen molar-refractivity contribution in [3.63, 3.8) is 0 Å². The zero-order valence-electron chi connectivity index (χ0n) is 21.1. The number of halogens is 3. The minimum absolute atomic E-state index is 0.246. The average molecular weight is 545 g/mol. The van der Waals surface area contributed by atoms with E-state index >= 15 is 0 Å². The van der Waals surface area contributed by atoms with Gasteiger partial charge in [0, 0.05) is 30.4 Å². The van der Waals surface area contributed by atoms with Crippen LogP contribution in [0.25, 0.3) is 10.9 Å². The van der Waals surface area contributed by atoms with Crippen molar-refractivity contribution in [3.05, 3.63) is 52.8 Å². The number of fused-ring (bicyclic) bond motifs is 1. The molecule has 3 aromatic rings. The number of pyridine rings is 1. The van der Waals surface area contributed by atoms with E-state index < -0.39 is 17.4 Å². The molecule has 11 heteroatoms. The predicted octanol–water partition coefficient (Wildman–Crippen LogP) is 5.07. The topological polar surface area (TPSA) is 101 Å². The second-order valence-corrected chi connectivity index (χ2v) is 10.5. The third-order valence-corrected chi connectivity index (χ3v) is 7.78. The number of ether oxygens (including phenoxy) is 1. The number of anilines is 2. The molecule has 1 amide bonds. The van der Waals surface area contributed by atoms with E-state index in [2.05, 4.69) is 25.9 Å². The Morgan fingerprint density at radius 1 is 1.08 bits per heavy atom. The van der Waals surface area contributed by atoms with E-state index in [1.165, 1.54) is 0 Å². The molecule has 1 aliphatic carbocycles. The number of carbonyl (C=O) groups excluding carboxylic acids is 1. The highest BCUT2D eigenvalue weighted by Gasteiger charge is 2.43. The minimum atomic E-state index is -3.70. The number of benzene rings is 1. The molecule has 38 heavy (non-hydrogen) atoms. The Hall–Kier alpha value is -3.11. The Kier molecular flexibility index (Phi) is 7.90. The van der Waals surface area contributed by atoms with E-state index in [4.69, 9.17) is 21.3 Å². The molecule has 1 aromatic carbocycles. The highest BCUT2D eigenvalue weighted by Crippen LogP contribution is 2.31. The van der Waals surface area contributed by atoms with Crippen LogP contribution in [0.1, 0.15) is 43.2 Å². The molecule has 1 saturated heterocycles. The minimum Gasteiger partial charge on any atom is -0.377 e. The van der Waals surface area contributed by atoms with E-state index in [0.717, 1.165) is 66.8 Å². The first-order chi connectivity index (χ1) is 18.3. The summed E-state index contributed by atoms with van der Waals surface area (Å²) >= 11 is 6.46. The number of carbonyl (C=O) groups is 1. The smallest absolute Gasteiger partial charge is 0.352 e. The summed E-state index contributed by atoms with van der Waals surface area (Å²) in [5, 5.41) is 10.7. The Balaban J connectivity index is 1.05. The van der Waals surface area contributed by atoms with E-state index in [0.29, 0.717) is 23.5 Å². The van der Waals surface area contributed by atoms with Gasteiger partial charge in [0.05, 0.1) is 35.4 Å². The van der Waals surface area contributed by atoms with Crippen LogP contribution in [0.3, 0.4) is 0 Å².